The number of aromatic carboxylic acids is 1. The average molecular weight is 191 g/mol. The summed E-state index contributed by atoms with van der Waals surface area (Å²) in [5, 5.41) is 8.90. The van der Waals surface area contributed by atoms with Crippen LogP contribution >= 0.6 is 0 Å². The summed E-state index contributed by atoms with van der Waals surface area (Å²) >= 11 is 0. The molecule has 0 radical (unpaired) electrons. The minimum absolute atomic E-state index is 0.266. The highest BCUT2D eigenvalue weighted by Crippen LogP contribution is 2.18. The van der Waals surface area contributed by atoms with Crippen LogP contribution in [0.2, 0.25) is 0 Å². The Balaban J connectivity index is 3.06. The van der Waals surface area contributed by atoms with E-state index >= 15 is 0 Å². The molecule has 1 atom stereocenters. The lowest BCUT2D eigenvalue weighted by atomic mass is 9.99. The molecular weight excluding hydrogens is 178 g/mol. The average Bonchev–Trinajstić information content (AvgIpc) is 2.18. The van der Waals surface area contributed by atoms with E-state index < -0.39 is 5.97 Å². The number of hydrogen-bond acceptors (Lipinski definition) is 2. The van der Waals surface area contributed by atoms with Crippen LogP contribution in [-0.4, -0.2) is 11.1 Å². The largest absolute Gasteiger partial charge is 0.478 e. The van der Waals surface area contributed by atoms with Crippen molar-refractivity contribution in [1.29, 1.82) is 0 Å². The molecule has 3 N–H and O–H groups in total. The second-order valence-corrected chi connectivity index (χ2v) is 3.02. The van der Waals surface area contributed by atoms with Gasteiger partial charge in [-0.3, -0.25) is 0 Å². The third-order valence-corrected chi connectivity index (χ3v) is 2.01. The Hall–Kier alpha value is -1.61. The highest BCUT2D eigenvalue weighted by Gasteiger charge is 2.13. The van der Waals surface area contributed by atoms with Gasteiger partial charge < -0.3 is 10.8 Å². The molecule has 0 heterocycles. The van der Waals surface area contributed by atoms with Crippen molar-refractivity contribution in [2.75, 3.05) is 0 Å². The minimum atomic E-state index is -0.944. The molecule has 3 nitrogen and oxygen atoms in total. The van der Waals surface area contributed by atoms with Gasteiger partial charge in [-0.15, -0.1) is 6.58 Å². The minimum Gasteiger partial charge on any atom is -0.478 e. The molecule has 3 heteroatoms. The van der Waals surface area contributed by atoms with Crippen LogP contribution in [0.1, 0.15) is 28.4 Å². The van der Waals surface area contributed by atoms with Gasteiger partial charge in [0.05, 0.1) is 5.56 Å². The van der Waals surface area contributed by atoms with Crippen LogP contribution in [0.3, 0.4) is 0 Å². The Morgan fingerprint density at radius 1 is 1.57 bits per heavy atom. The van der Waals surface area contributed by atoms with Crippen LogP contribution < -0.4 is 5.73 Å². The predicted octanol–water partition coefficient (Wildman–Crippen LogP) is 1.96. The molecule has 0 saturated carbocycles. The Morgan fingerprint density at radius 3 is 2.79 bits per heavy atom. The predicted molar refractivity (Wildman–Crippen MR) is 55.1 cm³/mol. The molecule has 0 aliphatic rings. The van der Waals surface area contributed by atoms with Crippen LogP contribution in [0.25, 0.3) is 0 Å². The van der Waals surface area contributed by atoms with E-state index in [1.807, 2.05) is 0 Å². The third kappa shape index (κ3) is 2.20. The van der Waals surface area contributed by atoms with E-state index in [1.165, 1.54) is 0 Å². The fraction of sp³-hybridized carbons (Fsp3) is 0.182. The molecule has 1 aromatic carbocycles. The quantitative estimate of drug-likeness (QED) is 0.715. The first kappa shape index (κ1) is 10.5. The number of carboxylic acid groups (broad SMARTS) is 1. The summed E-state index contributed by atoms with van der Waals surface area (Å²) in [5.74, 6) is -0.944. The molecule has 0 saturated heterocycles. The number of carbonyl (C=O) groups is 1. The maximum Gasteiger partial charge on any atom is 0.336 e. The first-order valence-electron chi connectivity index (χ1n) is 4.35. The molecule has 0 aliphatic carbocycles. The molecule has 0 bridgehead atoms. The standard InChI is InChI=1S/C11H13NO2/c1-2-5-10(12)8-6-3-4-7-9(8)11(13)14/h2-4,6-7,10H,1,5,12H2,(H,13,14)/t10-/m0/s1. The second kappa shape index (κ2) is 4.58. The van der Waals surface area contributed by atoms with Crippen molar-refractivity contribution in [2.45, 2.75) is 12.5 Å². The topological polar surface area (TPSA) is 63.3 Å². The van der Waals surface area contributed by atoms with Crippen molar-refractivity contribution in [3.05, 3.63) is 48.0 Å². The lowest BCUT2D eigenvalue weighted by molar-refractivity contribution is 0.0695. The van der Waals surface area contributed by atoms with Crippen molar-refractivity contribution < 1.29 is 9.90 Å². The first-order chi connectivity index (χ1) is 6.66. The fourth-order valence-electron chi connectivity index (χ4n) is 1.32. The monoisotopic (exact) mass is 191 g/mol. The van der Waals surface area contributed by atoms with Gasteiger partial charge in [0, 0.05) is 6.04 Å². The molecule has 0 amide bonds. The van der Waals surface area contributed by atoms with Crippen molar-refractivity contribution in [1.82, 2.24) is 0 Å². The Bertz CT molecular complexity index is 347. The van der Waals surface area contributed by atoms with Crippen LogP contribution in [0.4, 0.5) is 0 Å². The molecule has 1 rings (SSSR count). The van der Waals surface area contributed by atoms with Crippen LogP contribution in [0.15, 0.2) is 36.9 Å². The fourth-order valence-corrected chi connectivity index (χ4v) is 1.32. The zero-order valence-electron chi connectivity index (χ0n) is 7.81. The SMILES string of the molecule is C=CC[C@H](N)c1ccccc1C(=O)O. The maximum absolute atomic E-state index is 10.8. The normalized spacial score (nSPS) is 12.1. The third-order valence-electron chi connectivity index (χ3n) is 2.01. The van der Waals surface area contributed by atoms with E-state index in [0.717, 1.165) is 0 Å². The first-order valence-corrected chi connectivity index (χ1v) is 4.35. The van der Waals surface area contributed by atoms with Crippen molar-refractivity contribution >= 4 is 5.97 Å². The molecule has 14 heavy (non-hydrogen) atoms. The van der Waals surface area contributed by atoms with E-state index in [0.29, 0.717) is 12.0 Å². The van der Waals surface area contributed by atoms with Gasteiger partial charge in [0.2, 0.25) is 0 Å². The molecule has 0 spiro atoms. The van der Waals surface area contributed by atoms with E-state index in [-0.39, 0.29) is 11.6 Å². The smallest absolute Gasteiger partial charge is 0.336 e. The summed E-state index contributed by atoms with van der Waals surface area (Å²) in [6.07, 6.45) is 2.26. The lowest BCUT2D eigenvalue weighted by Crippen LogP contribution is -2.14. The van der Waals surface area contributed by atoms with Gasteiger partial charge >= 0.3 is 5.97 Å². The van der Waals surface area contributed by atoms with Crippen LogP contribution in [0, 0.1) is 0 Å². The number of carboxylic acids is 1. The summed E-state index contributed by atoms with van der Waals surface area (Å²) in [6, 6.07) is 6.47. The zero-order chi connectivity index (χ0) is 10.6. The summed E-state index contributed by atoms with van der Waals surface area (Å²) in [7, 11) is 0. The van der Waals surface area contributed by atoms with Crippen LogP contribution in [-0.2, 0) is 0 Å². The summed E-state index contributed by atoms with van der Waals surface area (Å²) in [6.45, 7) is 3.57. The number of nitrogens with two attached hydrogens (primary N) is 1. The Morgan fingerprint density at radius 2 is 2.21 bits per heavy atom. The van der Waals surface area contributed by atoms with Crippen molar-refractivity contribution in [3.8, 4) is 0 Å². The van der Waals surface area contributed by atoms with Gasteiger partial charge in [0.15, 0.2) is 0 Å². The van der Waals surface area contributed by atoms with Crippen molar-refractivity contribution in [3.63, 3.8) is 0 Å². The summed E-state index contributed by atoms with van der Waals surface area (Å²) in [5.41, 5.74) is 6.73. The van der Waals surface area contributed by atoms with Gasteiger partial charge in [-0.25, -0.2) is 4.79 Å². The number of benzene rings is 1. The highest BCUT2D eigenvalue weighted by atomic mass is 16.4. The van der Waals surface area contributed by atoms with Gasteiger partial charge in [-0.1, -0.05) is 24.3 Å². The second-order valence-electron chi connectivity index (χ2n) is 3.02. The van der Waals surface area contributed by atoms with Gasteiger partial charge in [0.25, 0.3) is 0 Å². The van der Waals surface area contributed by atoms with E-state index in [2.05, 4.69) is 6.58 Å². The summed E-state index contributed by atoms with van der Waals surface area (Å²) in [4.78, 5) is 10.8. The Labute approximate surface area is 82.9 Å². The van der Waals surface area contributed by atoms with Crippen molar-refractivity contribution in [2.24, 2.45) is 5.73 Å². The molecule has 74 valence electrons. The molecule has 0 unspecified atom stereocenters. The molecule has 1 aromatic rings. The molecule has 0 aromatic heterocycles. The van der Waals surface area contributed by atoms with E-state index in [9.17, 15) is 4.79 Å². The molecular formula is C11H13NO2. The van der Waals surface area contributed by atoms with Gasteiger partial charge in [0.1, 0.15) is 0 Å². The van der Waals surface area contributed by atoms with Gasteiger partial charge in [-0.05, 0) is 18.1 Å². The Kier molecular flexibility index (Phi) is 3.42. The van der Waals surface area contributed by atoms with Gasteiger partial charge in [-0.2, -0.15) is 0 Å². The molecule has 0 fully saturated rings. The molecule has 0 aliphatic heterocycles. The number of hydrogen-bond donors (Lipinski definition) is 2. The lowest BCUT2D eigenvalue weighted by Gasteiger charge is -2.11. The van der Waals surface area contributed by atoms with E-state index in [1.54, 1.807) is 30.3 Å². The van der Waals surface area contributed by atoms with E-state index in [4.69, 9.17) is 10.8 Å². The number of rotatable bonds is 4. The summed E-state index contributed by atoms with van der Waals surface area (Å²) < 4.78 is 0. The highest BCUT2D eigenvalue weighted by molar-refractivity contribution is 5.89. The van der Waals surface area contributed by atoms with Crippen LogP contribution in [0.5, 0.6) is 0 Å². The zero-order valence-corrected chi connectivity index (χ0v) is 7.81. The maximum atomic E-state index is 10.8.